The van der Waals surface area contributed by atoms with Gasteiger partial charge in [-0.3, -0.25) is 4.79 Å². The van der Waals surface area contributed by atoms with Gasteiger partial charge in [-0.05, 0) is 59.0 Å². The average Bonchev–Trinajstić information content (AvgIpc) is 2.37. The highest BCUT2D eigenvalue weighted by molar-refractivity contribution is 14.1. The summed E-state index contributed by atoms with van der Waals surface area (Å²) in [7, 11) is 0. The molecule has 0 aliphatic carbocycles. The Balaban J connectivity index is 2.23. The number of carbonyl (C=O) groups is 2. The van der Waals surface area contributed by atoms with Gasteiger partial charge in [-0.2, -0.15) is 0 Å². The minimum absolute atomic E-state index is 0.0223. The third-order valence-electron chi connectivity index (χ3n) is 2.63. The SMILES string of the molecule is O=C(O)c1ccc(NC(=O)c2ccc(F)cc2I)cc1Cl. The highest BCUT2D eigenvalue weighted by Gasteiger charge is 2.13. The Bertz CT molecular complexity index is 736. The Kier molecular flexibility index (Phi) is 4.79. The molecular formula is C14H8ClFINO3. The van der Waals surface area contributed by atoms with Crippen molar-refractivity contribution in [3.63, 3.8) is 0 Å². The molecule has 2 rings (SSSR count). The molecule has 21 heavy (non-hydrogen) atoms. The molecule has 7 heteroatoms. The summed E-state index contributed by atoms with van der Waals surface area (Å²) in [6.45, 7) is 0. The van der Waals surface area contributed by atoms with Gasteiger partial charge in [0.2, 0.25) is 0 Å². The second kappa shape index (κ2) is 6.40. The third-order valence-corrected chi connectivity index (χ3v) is 3.84. The second-order valence-corrected chi connectivity index (χ2v) is 5.65. The summed E-state index contributed by atoms with van der Waals surface area (Å²) in [4.78, 5) is 22.9. The van der Waals surface area contributed by atoms with Gasteiger partial charge < -0.3 is 10.4 Å². The van der Waals surface area contributed by atoms with Crippen molar-refractivity contribution >= 4 is 51.8 Å². The quantitative estimate of drug-likeness (QED) is 0.738. The predicted molar refractivity (Wildman–Crippen MR) is 85.5 cm³/mol. The van der Waals surface area contributed by atoms with Crippen LogP contribution in [0.4, 0.5) is 10.1 Å². The van der Waals surface area contributed by atoms with Crippen molar-refractivity contribution < 1.29 is 19.1 Å². The van der Waals surface area contributed by atoms with Crippen LogP contribution < -0.4 is 5.32 Å². The van der Waals surface area contributed by atoms with Crippen LogP contribution in [0.15, 0.2) is 36.4 Å². The number of aromatic carboxylic acids is 1. The summed E-state index contributed by atoms with van der Waals surface area (Å²) in [5.74, 6) is -2.01. The maximum Gasteiger partial charge on any atom is 0.337 e. The Hall–Kier alpha value is -1.67. The lowest BCUT2D eigenvalue weighted by atomic mass is 10.2. The molecule has 0 saturated carbocycles. The molecule has 0 aromatic heterocycles. The minimum Gasteiger partial charge on any atom is -0.478 e. The summed E-state index contributed by atoms with van der Waals surface area (Å²) in [5, 5.41) is 11.5. The number of benzene rings is 2. The summed E-state index contributed by atoms with van der Waals surface area (Å²) < 4.78 is 13.5. The van der Waals surface area contributed by atoms with E-state index >= 15 is 0 Å². The van der Waals surface area contributed by atoms with Crippen molar-refractivity contribution in [2.24, 2.45) is 0 Å². The zero-order valence-corrected chi connectivity index (χ0v) is 13.3. The van der Waals surface area contributed by atoms with Crippen LogP contribution in [0, 0.1) is 9.39 Å². The number of anilines is 1. The van der Waals surface area contributed by atoms with E-state index < -0.39 is 17.7 Å². The normalized spacial score (nSPS) is 10.2. The van der Waals surface area contributed by atoms with Gasteiger partial charge in [-0.25, -0.2) is 9.18 Å². The summed E-state index contributed by atoms with van der Waals surface area (Å²) >= 11 is 7.68. The van der Waals surface area contributed by atoms with E-state index in [1.807, 2.05) is 22.6 Å². The number of hydrogen-bond donors (Lipinski definition) is 2. The number of nitrogens with one attached hydrogen (secondary N) is 1. The summed E-state index contributed by atoms with van der Waals surface area (Å²) in [5.41, 5.74) is 0.622. The maximum atomic E-state index is 13.0. The fraction of sp³-hybridized carbons (Fsp3) is 0. The van der Waals surface area contributed by atoms with Crippen molar-refractivity contribution in [2.75, 3.05) is 5.32 Å². The van der Waals surface area contributed by atoms with Crippen LogP contribution in [0.1, 0.15) is 20.7 Å². The van der Waals surface area contributed by atoms with Gasteiger partial charge >= 0.3 is 5.97 Å². The topological polar surface area (TPSA) is 66.4 Å². The molecule has 4 nitrogen and oxygen atoms in total. The minimum atomic E-state index is -1.15. The van der Waals surface area contributed by atoms with Crippen molar-refractivity contribution in [1.29, 1.82) is 0 Å². The molecule has 0 aliphatic rings. The maximum absolute atomic E-state index is 13.0. The lowest BCUT2D eigenvalue weighted by Gasteiger charge is -2.08. The van der Waals surface area contributed by atoms with E-state index in [0.29, 0.717) is 14.8 Å². The van der Waals surface area contributed by atoms with E-state index in [0.717, 1.165) is 0 Å². The lowest BCUT2D eigenvalue weighted by molar-refractivity contribution is 0.0697. The van der Waals surface area contributed by atoms with Crippen molar-refractivity contribution in [3.05, 3.63) is 61.9 Å². The first-order valence-electron chi connectivity index (χ1n) is 5.67. The molecule has 2 aromatic rings. The molecule has 0 saturated heterocycles. The van der Waals surface area contributed by atoms with Crippen molar-refractivity contribution in [2.45, 2.75) is 0 Å². The van der Waals surface area contributed by atoms with Crippen molar-refractivity contribution in [1.82, 2.24) is 0 Å². The molecule has 0 unspecified atom stereocenters. The number of carbonyl (C=O) groups excluding carboxylic acids is 1. The molecule has 2 aromatic carbocycles. The Labute approximate surface area is 138 Å². The van der Waals surface area contributed by atoms with Crippen molar-refractivity contribution in [3.8, 4) is 0 Å². The van der Waals surface area contributed by atoms with Gasteiger partial charge in [-0.15, -0.1) is 0 Å². The number of carboxylic acids is 1. The van der Waals surface area contributed by atoms with Gasteiger partial charge in [0.25, 0.3) is 5.91 Å². The summed E-state index contributed by atoms with van der Waals surface area (Å²) in [6.07, 6.45) is 0. The van der Waals surface area contributed by atoms with E-state index in [-0.39, 0.29) is 10.6 Å². The smallest absolute Gasteiger partial charge is 0.337 e. The molecule has 1 amide bonds. The predicted octanol–water partition coefficient (Wildman–Crippen LogP) is 4.03. The van der Waals surface area contributed by atoms with Crippen LogP contribution in [-0.2, 0) is 0 Å². The summed E-state index contributed by atoms with van der Waals surface area (Å²) in [6, 6.07) is 7.89. The van der Waals surface area contributed by atoms with E-state index in [1.54, 1.807) is 0 Å². The first-order valence-corrected chi connectivity index (χ1v) is 7.13. The standard InChI is InChI=1S/C14H8ClFINO3/c15-11-6-8(2-4-9(11)14(20)21)18-13(19)10-3-1-7(16)5-12(10)17/h1-6H,(H,18,19)(H,20,21). The number of carboxylic acid groups (broad SMARTS) is 1. The zero-order valence-electron chi connectivity index (χ0n) is 10.4. The average molecular weight is 420 g/mol. The number of halogens is 3. The van der Waals surface area contributed by atoms with E-state index in [4.69, 9.17) is 16.7 Å². The fourth-order valence-corrected chi connectivity index (χ4v) is 2.62. The van der Waals surface area contributed by atoms with Gasteiger partial charge in [-0.1, -0.05) is 11.6 Å². The van der Waals surface area contributed by atoms with Crippen LogP contribution in [0.3, 0.4) is 0 Å². The molecule has 0 atom stereocenters. The van der Waals surface area contributed by atoms with Crippen LogP contribution in [0.5, 0.6) is 0 Å². The van der Waals surface area contributed by atoms with Crippen LogP contribution >= 0.6 is 34.2 Å². The highest BCUT2D eigenvalue weighted by Crippen LogP contribution is 2.22. The monoisotopic (exact) mass is 419 g/mol. The van der Waals surface area contributed by atoms with Crippen LogP contribution in [0.2, 0.25) is 5.02 Å². The van der Waals surface area contributed by atoms with Gasteiger partial charge in [0.15, 0.2) is 0 Å². The third kappa shape index (κ3) is 3.70. The molecule has 2 N–H and O–H groups in total. The molecule has 0 spiro atoms. The fourth-order valence-electron chi connectivity index (χ4n) is 1.64. The molecule has 0 fully saturated rings. The first-order chi connectivity index (χ1) is 9.88. The number of amides is 1. The molecule has 0 aliphatic heterocycles. The second-order valence-electron chi connectivity index (χ2n) is 4.08. The molecule has 108 valence electrons. The Morgan fingerprint density at radius 1 is 1.14 bits per heavy atom. The van der Waals surface area contributed by atoms with Gasteiger partial charge in [0.05, 0.1) is 16.1 Å². The Morgan fingerprint density at radius 2 is 1.81 bits per heavy atom. The Morgan fingerprint density at radius 3 is 2.38 bits per heavy atom. The van der Waals surface area contributed by atoms with E-state index in [9.17, 15) is 14.0 Å². The number of rotatable bonds is 3. The lowest BCUT2D eigenvalue weighted by Crippen LogP contribution is -2.13. The highest BCUT2D eigenvalue weighted by atomic mass is 127. The molecule has 0 radical (unpaired) electrons. The number of hydrogen-bond acceptors (Lipinski definition) is 2. The largest absolute Gasteiger partial charge is 0.478 e. The van der Waals surface area contributed by atoms with Gasteiger partial charge in [0.1, 0.15) is 5.82 Å². The first kappa shape index (κ1) is 15.7. The van der Waals surface area contributed by atoms with E-state index in [2.05, 4.69) is 5.32 Å². The zero-order chi connectivity index (χ0) is 15.6. The van der Waals surface area contributed by atoms with Crippen LogP contribution in [-0.4, -0.2) is 17.0 Å². The molecular weight excluding hydrogens is 412 g/mol. The molecule has 0 heterocycles. The van der Waals surface area contributed by atoms with Gasteiger partial charge in [0, 0.05) is 9.26 Å². The van der Waals surface area contributed by atoms with E-state index in [1.165, 1.54) is 36.4 Å². The molecule has 0 bridgehead atoms. The van der Waals surface area contributed by atoms with Crippen LogP contribution in [0.25, 0.3) is 0 Å².